The number of hydrogen-bond donors (Lipinski definition) is 1. The van der Waals surface area contributed by atoms with E-state index in [2.05, 4.69) is 10.1 Å². The Bertz CT molecular complexity index is 518. The first kappa shape index (κ1) is 15.4. The molecule has 0 spiro atoms. The number of nitrogens with one attached hydrogen (secondary N) is 1. The average molecular weight is 286 g/mol. The van der Waals surface area contributed by atoms with Crippen LogP contribution in [0.15, 0.2) is 10.2 Å². The van der Waals surface area contributed by atoms with Crippen LogP contribution in [0.25, 0.3) is 0 Å². The average Bonchev–Trinajstić information content (AvgIpc) is 2.66. The first-order valence-electron chi connectivity index (χ1n) is 5.89. The van der Waals surface area contributed by atoms with Crippen LogP contribution >= 0.6 is 11.3 Å². The Labute approximate surface area is 115 Å². The fourth-order valence-corrected chi connectivity index (χ4v) is 2.32. The molecule has 0 radical (unpaired) electrons. The second-order valence-electron chi connectivity index (χ2n) is 4.54. The van der Waals surface area contributed by atoms with Crippen molar-refractivity contribution in [2.75, 3.05) is 7.11 Å². The highest BCUT2D eigenvalue weighted by Gasteiger charge is 2.25. The molecule has 19 heavy (non-hydrogen) atoms. The molecule has 0 aliphatic heterocycles. The first-order chi connectivity index (χ1) is 8.86. The van der Waals surface area contributed by atoms with Crippen LogP contribution in [-0.4, -0.2) is 29.6 Å². The van der Waals surface area contributed by atoms with E-state index >= 15 is 0 Å². The SMILES string of the molecule is COC(=O)C(NC(=O)Cn1c(C)csc1=O)C(C)C. The zero-order valence-electron chi connectivity index (χ0n) is 11.4. The van der Waals surface area contributed by atoms with E-state index in [1.165, 1.54) is 11.7 Å². The number of esters is 1. The number of aromatic nitrogens is 1. The molecule has 0 saturated carbocycles. The lowest BCUT2D eigenvalue weighted by Crippen LogP contribution is -2.46. The maximum absolute atomic E-state index is 11.9. The van der Waals surface area contributed by atoms with E-state index in [-0.39, 0.29) is 23.2 Å². The van der Waals surface area contributed by atoms with Crippen LogP contribution in [-0.2, 0) is 20.9 Å². The third-order valence-electron chi connectivity index (χ3n) is 2.72. The van der Waals surface area contributed by atoms with Crippen molar-refractivity contribution in [3.05, 3.63) is 20.7 Å². The van der Waals surface area contributed by atoms with Gasteiger partial charge in [0, 0.05) is 11.1 Å². The molecule has 0 aliphatic rings. The largest absolute Gasteiger partial charge is 0.467 e. The number of carbonyl (C=O) groups is 2. The molecular formula is C12H18N2O4S. The topological polar surface area (TPSA) is 77.4 Å². The summed E-state index contributed by atoms with van der Waals surface area (Å²) in [5, 5.41) is 4.28. The fraction of sp³-hybridized carbons (Fsp3) is 0.583. The van der Waals surface area contributed by atoms with Gasteiger partial charge < -0.3 is 10.1 Å². The Morgan fingerprint density at radius 2 is 2.11 bits per heavy atom. The van der Waals surface area contributed by atoms with Crippen LogP contribution < -0.4 is 10.2 Å². The molecule has 1 N–H and O–H groups in total. The van der Waals surface area contributed by atoms with Crippen molar-refractivity contribution in [1.82, 2.24) is 9.88 Å². The highest BCUT2D eigenvalue weighted by atomic mass is 32.1. The Hall–Kier alpha value is -1.63. The maximum atomic E-state index is 11.9. The van der Waals surface area contributed by atoms with Gasteiger partial charge in [-0.05, 0) is 12.8 Å². The van der Waals surface area contributed by atoms with Gasteiger partial charge in [-0.25, -0.2) is 4.79 Å². The Morgan fingerprint density at radius 1 is 1.47 bits per heavy atom. The molecule has 0 bridgehead atoms. The quantitative estimate of drug-likeness (QED) is 0.801. The fourth-order valence-electron chi connectivity index (χ4n) is 1.58. The summed E-state index contributed by atoms with van der Waals surface area (Å²) in [7, 11) is 1.28. The van der Waals surface area contributed by atoms with Crippen molar-refractivity contribution >= 4 is 23.2 Å². The minimum absolute atomic E-state index is 0.0864. The molecule has 106 valence electrons. The van der Waals surface area contributed by atoms with Crippen molar-refractivity contribution in [2.24, 2.45) is 5.92 Å². The van der Waals surface area contributed by atoms with Crippen molar-refractivity contribution in [3.8, 4) is 0 Å². The van der Waals surface area contributed by atoms with E-state index < -0.39 is 12.0 Å². The lowest BCUT2D eigenvalue weighted by molar-refractivity contribution is -0.146. The van der Waals surface area contributed by atoms with Gasteiger partial charge in [-0.15, -0.1) is 0 Å². The molecule has 1 aromatic rings. The molecule has 1 amide bonds. The summed E-state index contributed by atoms with van der Waals surface area (Å²) in [6.07, 6.45) is 0. The monoisotopic (exact) mass is 286 g/mol. The van der Waals surface area contributed by atoms with E-state index in [0.29, 0.717) is 0 Å². The van der Waals surface area contributed by atoms with Crippen LogP contribution in [0.1, 0.15) is 19.5 Å². The molecule has 1 atom stereocenters. The second kappa shape index (κ2) is 6.51. The van der Waals surface area contributed by atoms with Gasteiger partial charge in [-0.3, -0.25) is 14.2 Å². The van der Waals surface area contributed by atoms with Crippen LogP contribution in [0.5, 0.6) is 0 Å². The standard InChI is InChI=1S/C12H18N2O4S/c1-7(2)10(11(16)18-4)13-9(15)5-14-8(3)6-19-12(14)17/h6-7,10H,5H2,1-4H3,(H,13,15). The van der Waals surface area contributed by atoms with E-state index in [1.54, 1.807) is 12.3 Å². The highest BCUT2D eigenvalue weighted by molar-refractivity contribution is 7.07. The number of carbonyl (C=O) groups excluding carboxylic acids is 2. The molecule has 0 fully saturated rings. The van der Waals surface area contributed by atoms with E-state index in [4.69, 9.17) is 0 Å². The third kappa shape index (κ3) is 3.92. The first-order valence-corrected chi connectivity index (χ1v) is 6.77. The molecule has 0 saturated heterocycles. The lowest BCUT2D eigenvalue weighted by atomic mass is 10.0. The van der Waals surface area contributed by atoms with Gasteiger partial charge >= 0.3 is 10.8 Å². The summed E-state index contributed by atoms with van der Waals surface area (Å²) in [6.45, 7) is 5.29. The van der Waals surface area contributed by atoms with Crippen molar-refractivity contribution in [3.63, 3.8) is 0 Å². The number of thiazole rings is 1. The normalized spacial score (nSPS) is 12.3. The molecular weight excluding hydrogens is 268 g/mol. The molecule has 1 heterocycles. The summed E-state index contributed by atoms with van der Waals surface area (Å²) in [5.41, 5.74) is 0.726. The van der Waals surface area contributed by atoms with Crippen LogP contribution in [0, 0.1) is 12.8 Å². The predicted octanol–water partition coefficient (Wildman–Crippen LogP) is 0.532. The minimum Gasteiger partial charge on any atom is -0.467 e. The minimum atomic E-state index is -0.702. The summed E-state index contributed by atoms with van der Waals surface area (Å²) in [6, 6.07) is -0.702. The number of ether oxygens (including phenoxy) is 1. The van der Waals surface area contributed by atoms with Gasteiger partial charge in [0.05, 0.1) is 7.11 Å². The summed E-state index contributed by atoms with van der Waals surface area (Å²) >= 11 is 1.04. The molecule has 1 aromatic heterocycles. The Morgan fingerprint density at radius 3 is 2.53 bits per heavy atom. The van der Waals surface area contributed by atoms with Crippen molar-refractivity contribution in [1.29, 1.82) is 0 Å². The summed E-state index contributed by atoms with van der Waals surface area (Å²) in [5.74, 6) is -0.956. The van der Waals surface area contributed by atoms with Gasteiger partial charge in [0.15, 0.2) is 0 Å². The van der Waals surface area contributed by atoms with Gasteiger partial charge in [-0.1, -0.05) is 25.2 Å². The van der Waals surface area contributed by atoms with Crippen LogP contribution in [0.3, 0.4) is 0 Å². The maximum Gasteiger partial charge on any atom is 0.328 e. The zero-order valence-corrected chi connectivity index (χ0v) is 12.2. The number of rotatable bonds is 5. The number of aryl methyl sites for hydroxylation is 1. The number of amides is 1. The third-order valence-corrected chi connectivity index (χ3v) is 3.60. The molecule has 6 nitrogen and oxygen atoms in total. The summed E-state index contributed by atoms with van der Waals surface area (Å²) < 4.78 is 6.01. The number of nitrogens with zero attached hydrogens (tertiary/aromatic N) is 1. The van der Waals surface area contributed by atoms with Gasteiger partial charge in [0.1, 0.15) is 12.6 Å². The Balaban J connectivity index is 2.74. The van der Waals surface area contributed by atoms with Crippen LogP contribution in [0.2, 0.25) is 0 Å². The molecule has 0 aromatic carbocycles. The molecule has 1 rings (SSSR count). The van der Waals surface area contributed by atoms with E-state index in [9.17, 15) is 14.4 Å². The van der Waals surface area contributed by atoms with Crippen molar-refractivity contribution < 1.29 is 14.3 Å². The van der Waals surface area contributed by atoms with Crippen LogP contribution in [0.4, 0.5) is 0 Å². The lowest BCUT2D eigenvalue weighted by Gasteiger charge is -2.19. The van der Waals surface area contributed by atoms with E-state index in [1.807, 2.05) is 13.8 Å². The molecule has 0 aliphatic carbocycles. The van der Waals surface area contributed by atoms with Gasteiger partial charge in [-0.2, -0.15) is 0 Å². The molecule has 7 heteroatoms. The second-order valence-corrected chi connectivity index (χ2v) is 5.36. The predicted molar refractivity (Wildman–Crippen MR) is 72.1 cm³/mol. The van der Waals surface area contributed by atoms with E-state index in [0.717, 1.165) is 17.0 Å². The van der Waals surface area contributed by atoms with Gasteiger partial charge in [0.2, 0.25) is 5.91 Å². The van der Waals surface area contributed by atoms with Gasteiger partial charge in [0.25, 0.3) is 0 Å². The number of hydrogen-bond acceptors (Lipinski definition) is 5. The number of methoxy groups -OCH3 is 1. The summed E-state index contributed by atoms with van der Waals surface area (Å²) in [4.78, 5) is 34.7. The highest BCUT2D eigenvalue weighted by Crippen LogP contribution is 2.04. The molecule has 1 unspecified atom stereocenters. The Kier molecular flexibility index (Phi) is 5.29. The van der Waals surface area contributed by atoms with Crippen molar-refractivity contribution in [2.45, 2.75) is 33.4 Å². The zero-order chi connectivity index (χ0) is 14.6. The smallest absolute Gasteiger partial charge is 0.328 e.